The van der Waals surface area contributed by atoms with Crippen molar-refractivity contribution in [3.63, 3.8) is 0 Å². The Balaban J connectivity index is 0.00000432. The van der Waals surface area contributed by atoms with Gasteiger partial charge in [0.1, 0.15) is 5.75 Å². The summed E-state index contributed by atoms with van der Waals surface area (Å²) in [5.41, 5.74) is 5.29. The zero-order valence-corrected chi connectivity index (χ0v) is 22.7. The molecule has 0 amide bonds. The van der Waals surface area contributed by atoms with E-state index in [9.17, 15) is 0 Å². The Kier molecular flexibility index (Phi) is 14.3. The lowest BCUT2D eigenvalue weighted by Crippen LogP contribution is -1.96. The number of aliphatic imine (C=N–C) groups is 1. The molecule has 1 aliphatic heterocycles. The standard InChI is InChI=1S/C30H45N3O.ClH/c1-3-5-7-8-9-10-11-12-13-14-15-17-25-19-20-26(32-25)23-29-30(34-22-6-4-2)24-28(33-29)27-18-16-21-31-27;/h16,18-21,23-24,31,33H,3-15,17,22H2,1-2H3;1H/b26-23+;. The molecule has 2 aromatic rings. The highest BCUT2D eigenvalue weighted by Crippen LogP contribution is 2.29. The van der Waals surface area contributed by atoms with E-state index < -0.39 is 0 Å². The summed E-state index contributed by atoms with van der Waals surface area (Å²) in [7, 11) is 0. The molecule has 194 valence electrons. The van der Waals surface area contributed by atoms with Gasteiger partial charge >= 0.3 is 0 Å². The van der Waals surface area contributed by atoms with Crippen molar-refractivity contribution in [3.8, 4) is 17.1 Å². The van der Waals surface area contributed by atoms with Crippen LogP contribution in [-0.2, 0) is 0 Å². The lowest BCUT2D eigenvalue weighted by Gasteiger charge is -2.04. The van der Waals surface area contributed by atoms with Gasteiger partial charge in [-0.2, -0.15) is 0 Å². The van der Waals surface area contributed by atoms with E-state index >= 15 is 0 Å². The van der Waals surface area contributed by atoms with Gasteiger partial charge in [-0.25, -0.2) is 0 Å². The Morgan fingerprint density at radius 1 is 0.829 bits per heavy atom. The van der Waals surface area contributed by atoms with Gasteiger partial charge in [0.25, 0.3) is 0 Å². The summed E-state index contributed by atoms with van der Waals surface area (Å²) in [5, 5.41) is 0. The minimum absolute atomic E-state index is 0. The van der Waals surface area contributed by atoms with Gasteiger partial charge in [-0.3, -0.25) is 4.99 Å². The summed E-state index contributed by atoms with van der Waals surface area (Å²) < 4.78 is 6.08. The average molecular weight is 500 g/mol. The maximum atomic E-state index is 6.08. The van der Waals surface area contributed by atoms with Gasteiger partial charge in [-0.1, -0.05) is 84.5 Å². The molecule has 0 bridgehead atoms. The zero-order chi connectivity index (χ0) is 23.8. The van der Waals surface area contributed by atoms with Gasteiger partial charge in [0.15, 0.2) is 0 Å². The van der Waals surface area contributed by atoms with E-state index in [0.717, 1.165) is 54.4 Å². The first-order chi connectivity index (χ1) is 16.8. The molecule has 0 saturated carbocycles. The van der Waals surface area contributed by atoms with E-state index in [-0.39, 0.29) is 12.4 Å². The van der Waals surface area contributed by atoms with E-state index in [1.54, 1.807) is 0 Å². The molecule has 3 rings (SSSR count). The van der Waals surface area contributed by atoms with Gasteiger partial charge in [-0.05, 0) is 49.6 Å². The predicted octanol–water partition coefficient (Wildman–Crippen LogP) is 9.66. The number of nitrogens with one attached hydrogen (secondary N) is 2. The quantitative estimate of drug-likeness (QED) is 0.197. The van der Waals surface area contributed by atoms with Crippen molar-refractivity contribution in [2.45, 2.75) is 104 Å². The van der Waals surface area contributed by atoms with Crippen LogP contribution in [0.4, 0.5) is 0 Å². The van der Waals surface area contributed by atoms with E-state index in [1.807, 2.05) is 12.3 Å². The first kappa shape index (κ1) is 29.0. The molecule has 2 aromatic heterocycles. The van der Waals surface area contributed by atoms with Crippen LogP contribution >= 0.6 is 12.4 Å². The molecule has 1 aliphatic rings. The minimum Gasteiger partial charge on any atom is -0.491 e. The number of rotatable bonds is 18. The van der Waals surface area contributed by atoms with E-state index in [2.05, 4.69) is 54.2 Å². The number of halogens is 1. The second-order valence-corrected chi connectivity index (χ2v) is 9.54. The highest BCUT2D eigenvalue weighted by Gasteiger charge is 2.12. The fourth-order valence-electron chi connectivity index (χ4n) is 4.41. The van der Waals surface area contributed by atoms with Crippen molar-refractivity contribution in [1.82, 2.24) is 9.97 Å². The summed E-state index contributed by atoms with van der Waals surface area (Å²) in [6, 6.07) is 6.16. The zero-order valence-electron chi connectivity index (χ0n) is 21.9. The van der Waals surface area contributed by atoms with Gasteiger partial charge in [-0.15, -0.1) is 12.4 Å². The molecule has 0 aliphatic carbocycles. The van der Waals surface area contributed by atoms with Crippen LogP contribution in [-0.4, -0.2) is 22.3 Å². The molecule has 2 N–H and O–H groups in total. The number of aromatic nitrogens is 2. The Morgan fingerprint density at radius 2 is 1.51 bits per heavy atom. The SMILES string of the molecule is CCCCCCCCCCCCCC1=N/C(=C/c2[nH]c(-c3ccc[nH]3)cc2OCCCC)C=C1.Cl. The Morgan fingerprint density at radius 3 is 2.17 bits per heavy atom. The molecule has 0 atom stereocenters. The van der Waals surface area contributed by atoms with Gasteiger partial charge < -0.3 is 14.7 Å². The van der Waals surface area contributed by atoms with Gasteiger partial charge in [0, 0.05) is 18.0 Å². The van der Waals surface area contributed by atoms with Crippen LogP contribution in [0, 0.1) is 0 Å². The van der Waals surface area contributed by atoms with Crippen molar-refractivity contribution >= 4 is 24.2 Å². The maximum absolute atomic E-state index is 6.08. The molecule has 0 spiro atoms. The average Bonchev–Trinajstić information content (AvgIpc) is 3.60. The molecule has 0 aromatic carbocycles. The second-order valence-electron chi connectivity index (χ2n) is 9.54. The van der Waals surface area contributed by atoms with Crippen LogP contribution in [0.25, 0.3) is 17.5 Å². The molecule has 35 heavy (non-hydrogen) atoms. The fraction of sp³-hybridized carbons (Fsp3) is 0.567. The molecular weight excluding hydrogens is 454 g/mol. The van der Waals surface area contributed by atoms with Crippen LogP contribution in [0.1, 0.15) is 109 Å². The third-order valence-electron chi connectivity index (χ3n) is 6.50. The van der Waals surface area contributed by atoms with Gasteiger partial charge in [0.2, 0.25) is 0 Å². The van der Waals surface area contributed by atoms with Crippen molar-refractivity contribution < 1.29 is 4.74 Å². The highest BCUT2D eigenvalue weighted by molar-refractivity contribution is 5.99. The number of allylic oxidation sites excluding steroid dienone is 2. The maximum Gasteiger partial charge on any atom is 0.144 e. The third-order valence-corrected chi connectivity index (χ3v) is 6.50. The second kappa shape index (κ2) is 17.3. The summed E-state index contributed by atoms with van der Waals surface area (Å²) in [4.78, 5) is 11.6. The van der Waals surface area contributed by atoms with E-state index in [4.69, 9.17) is 9.73 Å². The Bertz CT molecular complexity index is 908. The number of unbranched alkanes of at least 4 members (excludes halogenated alkanes) is 11. The number of nitrogens with zero attached hydrogens (tertiary/aromatic N) is 1. The highest BCUT2D eigenvalue weighted by atomic mass is 35.5. The molecule has 4 nitrogen and oxygen atoms in total. The summed E-state index contributed by atoms with van der Waals surface area (Å²) >= 11 is 0. The first-order valence-electron chi connectivity index (χ1n) is 13.8. The molecule has 0 unspecified atom stereocenters. The lowest BCUT2D eigenvalue weighted by atomic mass is 10.0. The van der Waals surface area contributed by atoms with Crippen LogP contribution in [0.3, 0.4) is 0 Å². The molecule has 3 heterocycles. The van der Waals surface area contributed by atoms with Crippen molar-refractivity contribution in [2.75, 3.05) is 6.61 Å². The van der Waals surface area contributed by atoms with Crippen molar-refractivity contribution in [3.05, 3.63) is 47.9 Å². The summed E-state index contributed by atoms with van der Waals surface area (Å²) in [6.07, 6.45) is 26.7. The Hall–Kier alpha value is -2.20. The van der Waals surface area contributed by atoms with E-state index in [1.165, 1.54) is 76.3 Å². The van der Waals surface area contributed by atoms with Crippen LogP contribution in [0.5, 0.6) is 5.75 Å². The molecule has 0 radical (unpaired) electrons. The fourth-order valence-corrected chi connectivity index (χ4v) is 4.41. The van der Waals surface area contributed by atoms with Crippen LogP contribution < -0.4 is 4.74 Å². The normalized spacial score (nSPS) is 13.9. The van der Waals surface area contributed by atoms with E-state index in [0.29, 0.717) is 0 Å². The minimum atomic E-state index is 0. The topological polar surface area (TPSA) is 53.2 Å². The predicted molar refractivity (Wildman–Crippen MR) is 154 cm³/mol. The number of H-pyrrole nitrogens is 2. The number of aromatic amines is 2. The largest absolute Gasteiger partial charge is 0.491 e. The number of ether oxygens (including phenoxy) is 1. The lowest BCUT2D eigenvalue weighted by molar-refractivity contribution is 0.309. The molecule has 0 fully saturated rings. The first-order valence-corrected chi connectivity index (χ1v) is 13.8. The summed E-state index contributed by atoms with van der Waals surface area (Å²) in [6.45, 7) is 5.20. The number of hydrogen-bond acceptors (Lipinski definition) is 2. The molecular formula is C30H46ClN3O. The monoisotopic (exact) mass is 499 g/mol. The Labute approximate surface area is 219 Å². The summed E-state index contributed by atoms with van der Waals surface area (Å²) in [5.74, 6) is 0.896. The van der Waals surface area contributed by atoms with Gasteiger partial charge in [0.05, 0.1) is 29.4 Å². The third kappa shape index (κ3) is 10.5. The van der Waals surface area contributed by atoms with Crippen molar-refractivity contribution in [2.24, 2.45) is 4.99 Å². The number of hydrogen-bond donors (Lipinski definition) is 2. The molecule has 5 heteroatoms. The molecule has 0 saturated heterocycles. The van der Waals surface area contributed by atoms with Crippen LogP contribution in [0.15, 0.2) is 47.2 Å². The van der Waals surface area contributed by atoms with Crippen LogP contribution in [0.2, 0.25) is 0 Å². The smallest absolute Gasteiger partial charge is 0.144 e. The van der Waals surface area contributed by atoms with Crippen molar-refractivity contribution in [1.29, 1.82) is 0 Å².